The van der Waals surface area contributed by atoms with E-state index < -0.39 is 0 Å². The summed E-state index contributed by atoms with van der Waals surface area (Å²) in [7, 11) is 0. The van der Waals surface area contributed by atoms with Crippen molar-refractivity contribution in [2.45, 2.75) is 38.6 Å². The average molecular weight is 296 g/mol. The Labute approximate surface area is 127 Å². The summed E-state index contributed by atoms with van der Waals surface area (Å²) in [6.07, 6.45) is 8.15. The molecule has 0 saturated heterocycles. The maximum absolute atomic E-state index is 12.5. The van der Waals surface area contributed by atoms with Gasteiger partial charge in [-0.15, -0.1) is 0 Å². The second kappa shape index (κ2) is 5.05. The Morgan fingerprint density at radius 3 is 2.68 bits per heavy atom. The molecule has 1 aliphatic carbocycles. The first-order valence-electron chi connectivity index (χ1n) is 7.68. The van der Waals surface area contributed by atoms with Gasteiger partial charge in [-0.25, -0.2) is 5.10 Å². The average Bonchev–Trinajstić information content (AvgIpc) is 3.16. The molecule has 0 spiro atoms. The number of aryl methyl sites for hydroxylation is 1. The summed E-state index contributed by atoms with van der Waals surface area (Å²) in [5.41, 5.74) is 2.39. The van der Waals surface area contributed by atoms with Gasteiger partial charge in [0.05, 0.1) is 5.69 Å². The summed E-state index contributed by atoms with van der Waals surface area (Å²) in [4.78, 5) is 24.1. The van der Waals surface area contributed by atoms with Gasteiger partial charge in [0.25, 0.3) is 11.4 Å². The molecule has 1 saturated carbocycles. The summed E-state index contributed by atoms with van der Waals surface area (Å²) in [6.45, 7) is 1.93. The topological polar surface area (TPSA) is 78.3 Å². The molecule has 0 radical (unpaired) electrons. The van der Waals surface area contributed by atoms with E-state index in [0.717, 1.165) is 29.7 Å². The number of fused-ring (bicyclic) bond motifs is 1. The lowest BCUT2D eigenvalue weighted by Gasteiger charge is -2.04. The second-order valence-electron chi connectivity index (χ2n) is 5.89. The fourth-order valence-corrected chi connectivity index (χ4v) is 3.34. The quantitative estimate of drug-likeness (QED) is 0.710. The van der Waals surface area contributed by atoms with Crippen molar-refractivity contribution < 1.29 is 4.68 Å². The number of hydrogen-bond donors (Lipinski definition) is 2. The molecule has 0 aromatic carbocycles. The standard InChI is InChI=1S/C16H17N5O/c1-10-13-15(21(20-10)12-4-2-3-5-12)18-14(19-16(13)22)11-6-8-17-9-7-11/h6-9,12H,2-5H2,1H3,(H,18,19,20,22)/p+1. The van der Waals surface area contributed by atoms with Crippen molar-refractivity contribution in [2.24, 2.45) is 0 Å². The van der Waals surface area contributed by atoms with Gasteiger partial charge in [0.15, 0.2) is 5.39 Å². The third-order valence-electron chi connectivity index (χ3n) is 4.44. The SMILES string of the molecule is Cc1[nH][n+](C2CCCC2)c2nc(-c3ccncc3)[nH]c(=O)c12. The van der Waals surface area contributed by atoms with Crippen LogP contribution < -0.4 is 10.2 Å². The van der Waals surface area contributed by atoms with Crippen LogP contribution in [0.5, 0.6) is 0 Å². The minimum Gasteiger partial charge on any atom is -0.285 e. The Balaban J connectivity index is 1.95. The number of H-pyrrole nitrogens is 2. The van der Waals surface area contributed by atoms with Crippen LogP contribution in [0, 0.1) is 6.92 Å². The fraction of sp³-hybridized carbons (Fsp3) is 0.375. The second-order valence-corrected chi connectivity index (χ2v) is 5.89. The number of rotatable bonds is 2. The van der Waals surface area contributed by atoms with E-state index in [-0.39, 0.29) is 5.56 Å². The molecular formula is C16H18N5O+. The smallest absolute Gasteiger partial charge is 0.285 e. The monoisotopic (exact) mass is 296 g/mol. The lowest BCUT2D eigenvalue weighted by atomic mass is 10.2. The number of aromatic amines is 2. The van der Waals surface area contributed by atoms with E-state index >= 15 is 0 Å². The molecule has 1 aliphatic rings. The van der Waals surface area contributed by atoms with Crippen LogP contribution in [0.25, 0.3) is 22.4 Å². The van der Waals surface area contributed by atoms with Crippen LogP contribution in [0.3, 0.4) is 0 Å². The zero-order chi connectivity index (χ0) is 15.1. The number of nitrogens with zero attached hydrogens (tertiary/aromatic N) is 3. The molecule has 0 aliphatic heterocycles. The van der Waals surface area contributed by atoms with Gasteiger partial charge in [0.1, 0.15) is 6.04 Å². The summed E-state index contributed by atoms with van der Waals surface area (Å²) >= 11 is 0. The van der Waals surface area contributed by atoms with Crippen molar-refractivity contribution in [2.75, 3.05) is 0 Å². The molecule has 112 valence electrons. The van der Waals surface area contributed by atoms with Gasteiger partial charge in [-0.05, 0) is 49.7 Å². The largest absolute Gasteiger partial charge is 0.359 e. The molecule has 1 fully saturated rings. The molecule has 6 heteroatoms. The van der Waals surface area contributed by atoms with Crippen LogP contribution in [0.4, 0.5) is 0 Å². The molecule has 0 amide bonds. The van der Waals surface area contributed by atoms with Crippen LogP contribution in [-0.2, 0) is 0 Å². The van der Waals surface area contributed by atoms with Gasteiger partial charge < -0.3 is 0 Å². The lowest BCUT2D eigenvalue weighted by Crippen LogP contribution is -2.41. The molecule has 6 nitrogen and oxygen atoms in total. The molecule has 22 heavy (non-hydrogen) atoms. The first-order chi connectivity index (χ1) is 10.7. The Hall–Kier alpha value is -2.50. The third kappa shape index (κ3) is 2.03. The van der Waals surface area contributed by atoms with Crippen molar-refractivity contribution in [3.05, 3.63) is 40.6 Å². The van der Waals surface area contributed by atoms with E-state index in [0.29, 0.717) is 17.3 Å². The molecular weight excluding hydrogens is 278 g/mol. The van der Waals surface area contributed by atoms with Crippen molar-refractivity contribution >= 4 is 11.0 Å². The number of hydrogen-bond acceptors (Lipinski definition) is 3. The van der Waals surface area contributed by atoms with E-state index in [4.69, 9.17) is 4.98 Å². The zero-order valence-electron chi connectivity index (χ0n) is 12.5. The van der Waals surface area contributed by atoms with Gasteiger partial charge in [0.2, 0.25) is 0 Å². The molecule has 4 rings (SSSR count). The van der Waals surface area contributed by atoms with Gasteiger partial charge >= 0.3 is 5.65 Å². The van der Waals surface area contributed by atoms with Gasteiger partial charge in [-0.2, -0.15) is 4.68 Å². The minimum absolute atomic E-state index is 0.0951. The molecule has 3 heterocycles. The van der Waals surface area contributed by atoms with Crippen molar-refractivity contribution in [3.63, 3.8) is 0 Å². The lowest BCUT2D eigenvalue weighted by molar-refractivity contribution is -0.752. The predicted octanol–water partition coefficient (Wildman–Crippen LogP) is 2.02. The highest BCUT2D eigenvalue weighted by atomic mass is 16.1. The minimum atomic E-state index is -0.0951. The van der Waals surface area contributed by atoms with Crippen LogP contribution in [0.2, 0.25) is 0 Å². The van der Waals surface area contributed by atoms with Crippen molar-refractivity contribution in [3.8, 4) is 11.4 Å². The normalized spacial score (nSPS) is 15.7. The summed E-state index contributed by atoms with van der Waals surface area (Å²) in [5, 5.41) is 3.99. The first-order valence-corrected chi connectivity index (χ1v) is 7.68. The molecule has 0 unspecified atom stereocenters. The third-order valence-corrected chi connectivity index (χ3v) is 4.44. The molecule has 3 aromatic heterocycles. The Kier molecular flexibility index (Phi) is 3.03. The van der Waals surface area contributed by atoms with Crippen LogP contribution in [-0.4, -0.2) is 20.1 Å². The van der Waals surface area contributed by atoms with Crippen molar-refractivity contribution in [1.29, 1.82) is 0 Å². The van der Waals surface area contributed by atoms with Crippen LogP contribution in [0.15, 0.2) is 29.3 Å². The van der Waals surface area contributed by atoms with Crippen LogP contribution in [0.1, 0.15) is 37.4 Å². The fourth-order valence-electron chi connectivity index (χ4n) is 3.34. The van der Waals surface area contributed by atoms with Gasteiger partial charge in [-0.1, -0.05) is 0 Å². The summed E-state index contributed by atoms with van der Waals surface area (Å²) < 4.78 is 2.08. The van der Waals surface area contributed by atoms with E-state index in [2.05, 4.69) is 19.7 Å². The number of pyridine rings is 1. The van der Waals surface area contributed by atoms with E-state index in [1.54, 1.807) is 12.4 Å². The highest BCUT2D eigenvalue weighted by molar-refractivity contribution is 5.75. The van der Waals surface area contributed by atoms with E-state index in [9.17, 15) is 4.79 Å². The molecule has 2 N–H and O–H groups in total. The van der Waals surface area contributed by atoms with Gasteiger partial charge in [0, 0.05) is 18.0 Å². The predicted molar refractivity (Wildman–Crippen MR) is 82.4 cm³/mol. The molecule has 0 atom stereocenters. The maximum atomic E-state index is 12.5. The Bertz CT molecular complexity index is 875. The van der Waals surface area contributed by atoms with Crippen molar-refractivity contribution in [1.82, 2.24) is 20.1 Å². The number of aromatic nitrogens is 5. The Morgan fingerprint density at radius 1 is 1.23 bits per heavy atom. The highest BCUT2D eigenvalue weighted by Gasteiger charge is 2.29. The number of nitrogens with one attached hydrogen (secondary N) is 2. The first kappa shape index (κ1) is 13.2. The molecule has 3 aromatic rings. The summed E-state index contributed by atoms with van der Waals surface area (Å²) in [6, 6.07) is 4.11. The highest BCUT2D eigenvalue weighted by Crippen LogP contribution is 2.26. The van der Waals surface area contributed by atoms with Gasteiger partial charge in [-0.3, -0.25) is 14.8 Å². The van der Waals surface area contributed by atoms with E-state index in [1.807, 2.05) is 19.1 Å². The zero-order valence-corrected chi connectivity index (χ0v) is 12.5. The van der Waals surface area contributed by atoms with E-state index in [1.165, 1.54) is 12.8 Å². The van der Waals surface area contributed by atoms with Crippen LogP contribution >= 0.6 is 0 Å². The maximum Gasteiger partial charge on any atom is 0.359 e. The Morgan fingerprint density at radius 2 is 1.95 bits per heavy atom. The molecule has 0 bridgehead atoms. The summed E-state index contributed by atoms with van der Waals surface area (Å²) in [5.74, 6) is 0.589.